The van der Waals surface area contributed by atoms with Crippen molar-refractivity contribution in [1.82, 2.24) is 14.8 Å². The molecule has 0 saturated carbocycles. The molecule has 1 fully saturated rings. The Morgan fingerprint density at radius 3 is 2.27 bits per heavy atom. The lowest BCUT2D eigenvalue weighted by atomic mass is 9.90. The molecule has 1 aromatic heterocycles. The predicted molar refractivity (Wildman–Crippen MR) is 181 cm³/mol. The molecule has 0 N–H and O–H groups in total. The molecule has 9 nitrogen and oxygen atoms in total. The fourth-order valence-corrected chi connectivity index (χ4v) is 6.91. The Kier molecular flexibility index (Phi) is 11.8. The molecule has 1 aliphatic rings. The van der Waals surface area contributed by atoms with Crippen molar-refractivity contribution in [2.75, 3.05) is 35.0 Å². The standard InChI is InChI=1S/C19H21BrO5.C13H12BrCl2N3O/c1-10-9-14(23-4)18(24-5)19(25-6)15(10)17(21)16-11(2)12(20)7-8-13(16)22-3;14-9-4-13(20-5-9,6-19-8-17-7-18-19)11-2-1-10(15)3-12(11)16/h7-9H,1-6H3;1-3,7-9H,4-6H2. The highest BCUT2D eigenvalue weighted by Gasteiger charge is 2.43. The number of hydrogen-bond donors (Lipinski definition) is 0. The summed E-state index contributed by atoms with van der Waals surface area (Å²) in [6, 6.07) is 10.9. The van der Waals surface area contributed by atoms with Crippen LogP contribution in [0.2, 0.25) is 10.0 Å². The van der Waals surface area contributed by atoms with Crippen molar-refractivity contribution < 1.29 is 28.5 Å². The number of hydrogen-bond acceptors (Lipinski definition) is 8. The molecule has 0 aliphatic carbocycles. The van der Waals surface area contributed by atoms with Gasteiger partial charge in [-0.15, -0.1) is 0 Å². The minimum atomic E-state index is -0.510. The van der Waals surface area contributed by atoms with Gasteiger partial charge in [-0.1, -0.05) is 61.1 Å². The number of rotatable bonds is 9. The van der Waals surface area contributed by atoms with E-state index >= 15 is 0 Å². The molecule has 0 radical (unpaired) electrons. The van der Waals surface area contributed by atoms with E-state index in [4.69, 9.17) is 46.9 Å². The second-order valence-electron chi connectivity index (χ2n) is 10.2. The van der Waals surface area contributed by atoms with Crippen LogP contribution in [0.1, 0.15) is 39.0 Å². The van der Waals surface area contributed by atoms with Crippen LogP contribution in [0.3, 0.4) is 0 Å². The average molecular weight is 786 g/mol. The van der Waals surface area contributed by atoms with Crippen LogP contribution in [0.15, 0.2) is 53.5 Å². The summed E-state index contributed by atoms with van der Waals surface area (Å²) in [4.78, 5) is 17.7. The van der Waals surface area contributed by atoms with Gasteiger partial charge in [-0.05, 0) is 61.7 Å². The van der Waals surface area contributed by atoms with E-state index in [9.17, 15) is 4.79 Å². The van der Waals surface area contributed by atoms with Gasteiger partial charge in [0.15, 0.2) is 11.5 Å². The van der Waals surface area contributed by atoms with E-state index in [0.717, 1.165) is 27.6 Å². The normalized spacial score (nSPS) is 17.3. The summed E-state index contributed by atoms with van der Waals surface area (Å²) in [5.74, 6) is 1.52. The molecule has 240 valence electrons. The van der Waals surface area contributed by atoms with Crippen LogP contribution < -0.4 is 18.9 Å². The molecule has 3 aromatic carbocycles. The highest BCUT2D eigenvalue weighted by Crippen LogP contribution is 2.45. The van der Waals surface area contributed by atoms with Crippen molar-refractivity contribution in [3.05, 3.63) is 91.4 Å². The lowest BCUT2D eigenvalue weighted by Crippen LogP contribution is -2.31. The number of alkyl halides is 1. The summed E-state index contributed by atoms with van der Waals surface area (Å²) in [5, 5.41) is 5.39. The highest BCUT2D eigenvalue weighted by molar-refractivity contribution is 9.10. The highest BCUT2D eigenvalue weighted by atomic mass is 79.9. The van der Waals surface area contributed by atoms with Gasteiger partial charge >= 0.3 is 0 Å². The molecule has 2 atom stereocenters. The molecule has 2 heterocycles. The molecule has 13 heteroatoms. The van der Waals surface area contributed by atoms with Gasteiger partial charge in [0, 0.05) is 24.9 Å². The molecule has 0 spiro atoms. The summed E-state index contributed by atoms with van der Waals surface area (Å²) >= 11 is 19.4. The van der Waals surface area contributed by atoms with E-state index < -0.39 is 5.60 Å². The van der Waals surface area contributed by atoms with Crippen LogP contribution in [0.4, 0.5) is 0 Å². The number of carbonyl (C=O) groups is 1. The van der Waals surface area contributed by atoms with E-state index in [1.165, 1.54) is 27.7 Å². The van der Waals surface area contributed by atoms with E-state index in [-0.39, 0.29) is 10.6 Å². The first-order chi connectivity index (χ1) is 21.5. The van der Waals surface area contributed by atoms with E-state index in [0.29, 0.717) is 57.3 Å². The smallest absolute Gasteiger partial charge is 0.204 e. The first-order valence-corrected chi connectivity index (χ1v) is 16.2. The average Bonchev–Trinajstić information content (AvgIpc) is 3.67. The minimum absolute atomic E-state index is 0.203. The third-order valence-electron chi connectivity index (χ3n) is 7.46. The number of carbonyl (C=O) groups excluding carboxylic acids is 1. The van der Waals surface area contributed by atoms with Gasteiger partial charge in [-0.3, -0.25) is 4.79 Å². The van der Waals surface area contributed by atoms with Crippen LogP contribution in [0, 0.1) is 13.8 Å². The SMILES string of the molecule is COc1cc(C)c(C(=O)c2c(OC)ccc(Br)c2C)c(OC)c1OC.Clc1ccc(C2(Cn3cncn3)CC(Br)CO2)c(Cl)c1. The fourth-order valence-electron chi connectivity index (χ4n) is 5.34. The number of ketones is 1. The van der Waals surface area contributed by atoms with Crippen molar-refractivity contribution >= 4 is 60.8 Å². The van der Waals surface area contributed by atoms with Gasteiger partial charge in [0.25, 0.3) is 0 Å². The number of nitrogens with zero attached hydrogens (tertiary/aromatic N) is 3. The zero-order valence-corrected chi connectivity index (χ0v) is 30.3. The first-order valence-electron chi connectivity index (χ1n) is 13.7. The van der Waals surface area contributed by atoms with Gasteiger partial charge in [0.05, 0.1) is 52.7 Å². The van der Waals surface area contributed by atoms with Crippen LogP contribution in [-0.2, 0) is 16.9 Å². The van der Waals surface area contributed by atoms with Gasteiger partial charge in [0.1, 0.15) is 24.0 Å². The van der Waals surface area contributed by atoms with Gasteiger partial charge in [-0.25, -0.2) is 9.67 Å². The first kappa shape index (κ1) is 35.0. The molecule has 0 bridgehead atoms. The third kappa shape index (κ3) is 7.44. The van der Waals surface area contributed by atoms with Crippen LogP contribution in [0.5, 0.6) is 23.0 Å². The molecular weight excluding hydrogens is 753 g/mol. The van der Waals surface area contributed by atoms with Crippen molar-refractivity contribution in [2.24, 2.45) is 0 Å². The lowest BCUT2D eigenvalue weighted by Gasteiger charge is -2.29. The van der Waals surface area contributed by atoms with Gasteiger partial charge in [-0.2, -0.15) is 5.10 Å². The summed E-state index contributed by atoms with van der Waals surface area (Å²) < 4.78 is 30.3. The third-order valence-corrected chi connectivity index (χ3v) is 9.45. The summed E-state index contributed by atoms with van der Waals surface area (Å²) in [6.45, 7) is 4.89. The quantitative estimate of drug-likeness (QED) is 0.125. The van der Waals surface area contributed by atoms with E-state index in [1.807, 2.05) is 32.0 Å². The Morgan fingerprint density at radius 1 is 1.00 bits per heavy atom. The Hall–Kier alpha value is -2.83. The van der Waals surface area contributed by atoms with Gasteiger partial charge in [0.2, 0.25) is 11.5 Å². The molecule has 4 aromatic rings. The van der Waals surface area contributed by atoms with Crippen molar-refractivity contribution in [3.63, 3.8) is 0 Å². The molecule has 1 aliphatic heterocycles. The summed E-state index contributed by atoms with van der Waals surface area (Å²) in [5.41, 5.74) is 2.83. The van der Waals surface area contributed by atoms with Crippen molar-refractivity contribution in [2.45, 2.75) is 37.2 Å². The van der Waals surface area contributed by atoms with Crippen LogP contribution in [0.25, 0.3) is 0 Å². The number of benzene rings is 3. The number of methoxy groups -OCH3 is 4. The second-order valence-corrected chi connectivity index (χ2v) is 13.2. The Balaban J connectivity index is 0.000000209. The zero-order chi connectivity index (χ0) is 32.9. The minimum Gasteiger partial charge on any atom is -0.496 e. The van der Waals surface area contributed by atoms with E-state index in [2.05, 4.69) is 41.9 Å². The second kappa shape index (κ2) is 15.2. The molecule has 2 unspecified atom stereocenters. The molecule has 5 rings (SSSR count). The van der Waals surface area contributed by atoms with Gasteiger partial charge < -0.3 is 23.7 Å². The van der Waals surface area contributed by atoms with E-state index in [1.54, 1.807) is 36.3 Å². The fraction of sp³-hybridized carbons (Fsp3) is 0.344. The number of ether oxygens (including phenoxy) is 5. The monoisotopic (exact) mass is 783 g/mol. The largest absolute Gasteiger partial charge is 0.496 e. The molecular formula is C32H33Br2Cl2N3O6. The zero-order valence-electron chi connectivity index (χ0n) is 25.6. The van der Waals surface area contributed by atoms with Crippen LogP contribution >= 0.6 is 55.1 Å². The number of halogens is 4. The maximum absolute atomic E-state index is 13.4. The molecule has 1 saturated heterocycles. The Bertz CT molecular complexity index is 1670. The molecule has 45 heavy (non-hydrogen) atoms. The topological polar surface area (TPSA) is 93.9 Å². The summed E-state index contributed by atoms with van der Waals surface area (Å²) in [6.07, 6.45) is 4.00. The lowest BCUT2D eigenvalue weighted by molar-refractivity contribution is -0.0169. The summed E-state index contributed by atoms with van der Waals surface area (Å²) in [7, 11) is 6.09. The van der Waals surface area contributed by atoms with Crippen molar-refractivity contribution in [3.8, 4) is 23.0 Å². The maximum Gasteiger partial charge on any atom is 0.204 e. The Labute approximate surface area is 289 Å². The van der Waals surface area contributed by atoms with Crippen molar-refractivity contribution in [1.29, 1.82) is 0 Å². The number of aryl methyl sites for hydroxylation is 1. The predicted octanol–water partition coefficient (Wildman–Crippen LogP) is 8.00. The Morgan fingerprint density at radius 2 is 1.71 bits per heavy atom. The van der Waals surface area contributed by atoms with Crippen LogP contribution in [-0.4, -0.2) is 60.4 Å². The maximum atomic E-state index is 13.4. The number of aromatic nitrogens is 3. The molecule has 0 amide bonds.